The predicted molar refractivity (Wildman–Crippen MR) is 68.0 cm³/mol. The molecule has 3 aromatic rings. The SMILES string of the molecule is CC(Nc1ncnc2ccsc12)c1cn[nH]c1. The number of nitrogens with one attached hydrogen (secondary N) is 2. The molecule has 5 nitrogen and oxygen atoms in total. The number of hydrogen-bond acceptors (Lipinski definition) is 5. The zero-order valence-electron chi connectivity index (χ0n) is 9.21. The van der Waals surface area contributed by atoms with Crippen molar-refractivity contribution in [3.63, 3.8) is 0 Å². The number of hydrogen-bond donors (Lipinski definition) is 2. The summed E-state index contributed by atoms with van der Waals surface area (Å²) in [4.78, 5) is 8.50. The summed E-state index contributed by atoms with van der Waals surface area (Å²) in [5, 5.41) is 12.1. The third-order valence-corrected chi connectivity index (χ3v) is 3.53. The molecule has 1 atom stereocenters. The molecule has 0 saturated carbocycles. The maximum atomic E-state index is 4.29. The highest BCUT2D eigenvalue weighted by atomic mass is 32.1. The molecule has 0 amide bonds. The van der Waals surface area contributed by atoms with Crippen LogP contribution in [0.5, 0.6) is 0 Å². The Bertz CT molecular complexity index is 616. The molecule has 0 saturated heterocycles. The summed E-state index contributed by atoms with van der Waals surface area (Å²) in [7, 11) is 0. The summed E-state index contributed by atoms with van der Waals surface area (Å²) in [5.41, 5.74) is 2.08. The van der Waals surface area contributed by atoms with E-state index >= 15 is 0 Å². The van der Waals surface area contributed by atoms with Gasteiger partial charge in [-0.05, 0) is 18.4 Å². The van der Waals surface area contributed by atoms with Crippen LogP contribution >= 0.6 is 11.3 Å². The monoisotopic (exact) mass is 245 g/mol. The quantitative estimate of drug-likeness (QED) is 0.744. The van der Waals surface area contributed by atoms with Gasteiger partial charge in [-0.2, -0.15) is 5.10 Å². The molecule has 3 aromatic heterocycles. The maximum Gasteiger partial charge on any atom is 0.147 e. The van der Waals surface area contributed by atoms with Crippen molar-refractivity contribution in [1.82, 2.24) is 20.2 Å². The third kappa shape index (κ3) is 1.87. The lowest BCUT2D eigenvalue weighted by Gasteiger charge is -2.12. The largest absolute Gasteiger partial charge is 0.362 e. The first-order valence-corrected chi connectivity index (χ1v) is 6.16. The summed E-state index contributed by atoms with van der Waals surface area (Å²) < 4.78 is 1.09. The first-order chi connectivity index (χ1) is 8.34. The van der Waals surface area contributed by atoms with Gasteiger partial charge in [-0.15, -0.1) is 11.3 Å². The van der Waals surface area contributed by atoms with Gasteiger partial charge in [-0.25, -0.2) is 9.97 Å². The smallest absolute Gasteiger partial charge is 0.147 e. The number of fused-ring (bicyclic) bond motifs is 1. The minimum Gasteiger partial charge on any atom is -0.362 e. The molecule has 3 rings (SSSR count). The molecule has 17 heavy (non-hydrogen) atoms. The fourth-order valence-electron chi connectivity index (χ4n) is 1.68. The van der Waals surface area contributed by atoms with Crippen LogP contribution in [-0.4, -0.2) is 20.2 Å². The van der Waals surface area contributed by atoms with E-state index in [-0.39, 0.29) is 6.04 Å². The lowest BCUT2D eigenvalue weighted by atomic mass is 10.2. The van der Waals surface area contributed by atoms with Crippen LogP contribution in [0, 0.1) is 0 Å². The number of aromatic amines is 1. The first kappa shape index (κ1) is 10.2. The van der Waals surface area contributed by atoms with Crippen molar-refractivity contribution in [2.24, 2.45) is 0 Å². The minimum atomic E-state index is 0.161. The molecule has 0 aromatic carbocycles. The van der Waals surface area contributed by atoms with E-state index in [4.69, 9.17) is 0 Å². The van der Waals surface area contributed by atoms with Gasteiger partial charge in [-0.3, -0.25) is 5.10 Å². The van der Waals surface area contributed by atoms with Crippen molar-refractivity contribution >= 4 is 27.4 Å². The van der Waals surface area contributed by atoms with Gasteiger partial charge in [0.05, 0.1) is 22.5 Å². The van der Waals surface area contributed by atoms with Crippen molar-refractivity contribution in [2.75, 3.05) is 5.32 Å². The lowest BCUT2D eigenvalue weighted by molar-refractivity contribution is 0.877. The van der Waals surface area contributed by atoms with Crippen LogP contribution in [0.4, 0.5) is 5.82 Å². The summed E-state index contributed by atoms with van der Waals surface area (Å²) in [6.07, 6.45) is 5.27. The summed E-state index contributed by atoms with van der Waals surface area (Å²) in [6, 6.07) is 2.16. The van der Waals surface area contributed by atoms with Gasteiger partial charge < -0.3 is 5.32 Å². The van der Waals surface area contributed by atoms with Crippen molar-refractivity contribution in [3.05, 3.63) is 35.7 Å². The second-order valence-corrected chi connectivity index (χ2v) is 4.67. The Morgan fingerprint density at radius 1 is 1.41 bits per heavy atom. The van der Waals surface area contributed by atoms with E-state index in [1.165, 1.54) is 0 Å². The topological polar surface area (TPSA) is 66.5 Å². The Morgan fingerprint density at radius 2 is 2.35 bits per heavy atom. The average molecular weight is 245 g/mol. The van der Waals surface area contributed by atoms with Crippen molar-refractivity contribution < 1.29 is 0 Å². The molecule has 0 bridgehead atoms. The molecule has 2 N–H and O–H groups in total. The molecule has 0 aliphatic heterocycles. The molecule has 0 aliphatic carbocycles. The molecule has 0 fully saturated rings. The molecule has 6 heteroatoms. The van der Waals surface area contributed by atoms with Crippen LogP contribution in [0.1, 0.15) is 18.5 Å². The fourth-order valence-corrected chi connectivity index (χ4v) is 2.48. The molecular weight excluding hydrogens is 234 g/mol. The Morgan fingerprint density at radius 3 is 3.18 bits per heavy atom. The molecule has 3 heterocycles. The third-order valence-electron chi connectivity index (χ3n) is 2.62. The van der Waals surface area contributed by atoms with Crippen LogP contribution in [0.2, 0.25) is 0 Å². The standard InChI is InChI=1S/C11H11N5S/c1-7(8-4-14-15-5-8)16-11-10-9(2-3-17-10)12-6-13-11/h2-7H,1H3,(H,14,15)(H,12,13,16). The Balaban J connectivity index is 1.92. The molecular formula is C11H11N5S. The van der Waals surface area contributed by atoms with E-state index in [0.29, 0.717) is 0 Å². The number of nitrogens with zero attached hydrogens (tertiary/aromatic N) is 3. The van der Waals surface area contributed by atoms with Crippen LogP contribution < -0.4 is 5.32 Å². The van der Waals surface area contributed by atoms with E-state index in [2.05, 4.69) is 32.4 Å². The highest BCUT2D eigenvalue weighted by molar-refractivity contribution is 7.17. The number of thiophene rings is 1. The predicted octanol–water partition coefficient (Wildman–Crippen LogP) is 2.59. The van der Waals surface area contributed by atoms with Gasteiger partial charge in [0.2, 0.25) is 0 Å². The van der Waals surface area contributed by atoms with Gasteiger partial charge in [0.15, 0.2) is 0 Å². The van der Waals surface area contributed by atoms with Gasteiger partial charge in [-0.1, -0.05) is 0 Å². The highest BCUT2D eigenvalue weighted by Gasteiger charge is 2.10. The van der Waals surface area contributed by atoms with Crippen LogP contribution in [0.15, 0.2) is 30.2 Å². The first-order valence-electron chi connectivity index (χ1n) is 5.28. The normalized spacial score (nSPS) is 12.8. The average Bonchev–Trinajstić information content (AvgIpc) is 3.00. The Labute approximate surface area is 102 Å². The van der Waals surface area contributed by atoms with Crippen LogP contribution in [0.25, 0.3) is 10.2 Å². The molecule has 1 unspecified atom stereocenters. The Kier molecular flexibility index (Phi) is 2.49. The summed E-state index contributed by atoms with van der Waals surface area (Å²) >= 11 is 1.64. The lowest BCUT2D eigenvalue weighted by Crippen LogP contribution is -2.07. The summed E-state index contributed by atoms with van der Waals surface area (Å²) in [6.45, 7) is 2.08. The molecule has 0 spiro atoms. The van der Waals surface area contributed by atoms with E-state index in [0.717, 1.165) is 21.6 Å². The minimum absolute atomic E-state index is 0.161. The second kappa shape index (κ2) is 4.14. The number of H-pyrrole nitrogens is 1. The second-order valence-electron chi connectivity index (χ2n) is 3.75. The molecule has 86 valence electrons. The number of rotatable bonds is 3. The van der Waals surface area contributed by atoms with Crippen LogP contribution in [0.3, 0.4) is 0 Å². The van der Waals surface area contributed by atoms with Gasteiger partial charge >= 0.3 is 0 Å². The summed E-state index contributed by atoms with van der Waals surface area (Å²) in [5.74, 6) is 0.874. The van der Waals surface area contributed by atoms with Gasteiger partial charge in [0.25, 0.3) is 0 Å². The molecule has 0 aliphatic rings. The molecule has 0 radical (unpaired) electrons. The number of aromatic nitrogens is 4. The van der Waals surface area contributed by atoms with E-state index < -0.39 is 0 Å². The van der Waals surface area contributed by atoms with Crippen molar-refractivity contribution in [3.8, 4) is 0 Å². The van der Waals surface area contributed by atoms with Crippen LogP contribution in [-0.2, 0) is 0 Å². The van der Waals surface area contributed by atoms with E-state index in [1.54, 1.807) is 17.7 Å². The van der Waals surface area contributed by atoms with Gasteiger partial charge in [0.1, 0.15) is 12.1 Å². The van der Waals surface area contributed by atoms with Crippen molar-refractivity contribution in [2.45, 2.75) is 13.0 Å². The number of anilines is 1. The zero-order valence-corrected chi connectivity index (χ0v) is 10.0. The zero-order chi connectivity index (χ0) is 11.7. The highest BCUT2D eigenvalue weighted by Crippen LogP contribution is 2.27. The van der Waals surface area contributed by atoms with E-state index in [9.17, 15) is 0 Å². The maximum absolute atomic E-state index is 4.29. The van der Waals surface area contributed by atoms with Gasteiger partial charge in [0, 0.05) is 11.8 Å². The van der Waals surface area contributed by atoms with E-state index in [1.807, 2.05) is 23.8 Å². The Hall–Kier alpha value is -1.95. The van der Waals surface area contributed by atoms with Crippen molar-refractivity contribution in [1.29, 1.82) is 0 Å². The fraction of sp³-hybridized carbons (Fsp3) is 0.182.